The van der Waals surface area contributed by atoms with E-state index >= 15 is 0 Å². The molecule has 0 saturated heterocycles. The first kappa shape index (κ1) is 22.3. The smallest absolute Gasteiger partial charge is 0.319 e. The van der Waals surface area contributed by atoms with Gasteiger partial charge < -0.3 is 10.6 Å². The normalized spacial score (nSPS) is 12.6. The van der Waals surface area contributed by atoms with E-state index in [1.54, 1.807) is 0 Å². The number of nitrogens with zero attached hydrogens (tertiary/aromatic N) is 3. The third-order valence-corrected chi connectivity index (χ3v) is 3.77. The van der Waals surface area contributed by atoms with Crippen LogP contribution in [0.4, 0.5) is 8.78 Å². The second-order valence-corrected chi connectivity index (χ2v) is 5.79. The van der Waals surface area contributed by atoms with Gasteiger partial charge in [0.05, 0.1) is 0 Å². The molecule has 1 aromatic carbocycles. The molecule has 2 rings (SSSR count). The first-order valence-corrected chi connectivity index (χ1v) is 8.48. The van der Waals surface area contributed by atoms with Crippen molar-refractivity contribution in [3.8, 4) is 0 Å². The van der Waals surface area contributed by atoms with Crippen molar-refractivity contribution in [1.82, 2.24) is 20.2 Å². The van der Waals surface area contributed by atoms with Crippen LogP contribution in [0.2, 0.25) is 0 Å². The van der Waals surface area contributed by atoms with Crippen LogP contribution in [0.1, 0.15) is 38.2 Å². The van der Waals surface area contributed by atoms with Crippen LogP contribution in [0, 0.1) is 0 Å². The maximum absolute atomic E-state index is 12.8. The summed E-state index contributed by atoms with van der Waals surface area (Å²) in [7, 11) is 0. The summed E-state index contributed by atoms with van der Waals surface area (Å²) in [5.74, 6) is 0.844. The minimum atomic E-state index is -2.60. The monoisotopic (exact) mass is 477 g/mol. The Balaban J connectivity index is 0.00000338. The molecule has 26 heavy (non-hydrogen) atoms. The predicted octanol–water partition coefficient (Wildman–Crippen LogP) is 3.97. The Kier molecular flexibility index (Phi) is 10.2. The van der Waals surface area contributed by atoms with Gasteiger partial charge in [0.2, 0.25) is 0 Å². The van der Waals surface area contributed by atoms with E-state index in [1.165, 1.54) is 18.0 Å². The molecule has 0 amide bonds. The summed E-state index contributed by atoms with van der Waals surface area (Å²) >= 11 is 0. The minimum absolute atomic E-state index is 0. The largest absolute Gasteiger partial charge is 0.357 e. The molecule has 1 unspecified atom stereocenters. The van der Waals surface area contributed by atoms with Crippen molar-refractivity contribution in [3.63, 3.8) is 0 Å². The molecule has 144 valence electrons. The minimum Gasteiger partial charge on any atom is -0.357 e. The Morgan fingerprint density at radius 3 is 2.65 bits per heavy atom. The highest BCUT2D eigenvalue weighted by Gasteiger charge is 2.11. The maximum atomic E-state index is 12.8. The molecule has 5 nitrogen and oxygen atoms in total. The number of benzene rings is 1. The van der Waals surface area contributed by atoms with Crippen molar-refractivity contribution >= 4 is 29.9 Å². The van der Waals surface area contributed by atoms with Gasteiger partial charge in [-0.1, -0.05) is 30.3 Å². The fourth-order valence-corrected chi connectivity index (χ4v) is 2.45. The van der Waals surface area contributed by atoms with E-state index in [2.05, 4.69) is 39.7 Å². The van der Waals surface area contributed by atoms with Crippen molar-refractivity contribution in [2.45, 2.75) is 45.8 Å². The molecule has 0 aliphatic rings. The van der Waals surface area contributed by atoms with E-state index in [1.807, 2.05) is 25.1 Å². The second-order valence-electron chi connectivity index (χ2n) is 5.79. The van der Waals surface area contributed by atoms with Gasteiger partial charge in [-0.2, -0.15) is 8.78 Å². The number of aryl methyl sites for hydroxylation is 1. The molecule has 1 atom stereocenters. The fourth-order valence-electron chi connectivity index (χ4n) is 2.45. The number of nitrogens with one attached hydrogen (secondary N) is 2. The highest BCUT2D eigenvalue weighted by atomic mass is 127. The van der Waals surface area contributed by atoms with Crippen molar-refractivity contribution < 1.29 is 8.78 Å². The van der Waals surface area contributed by atoms with E-state index in [0.29, 0.717) is 12.5 Å². The van der Waals surface area contributed by atoms with Crippen molar-refractivity contribution in [3.05, 3.63) is 54.1 Å². The van der Waals surface area contributed by atoms with Gasteiger partial charge in [0.1, 0.15) is 12.4 Å². The number of halogens is 3. The molecule has 0 fully saturated rings. The molecule has 0 bridgehead atoms. The number of alkyl halides is 2. The number of aromatic nitrogens is 2. The molecule has 2 aromatic rings. The molecule has 0 saturated carbocycles. The molecule has 0 radical (unpaired) electrons. The van der Waals surface area contributed by atoms with Crippen LogP contribution in [0.5, 0.6) is 0 Å². The topological polar surface area (TPSA) is 54.2 Å². The van der Waals surface area contributed by atoms with Crippen molar-refractivity contribution in [2.75, 3.05) is 6.54 Å². The number of imidazole rings is 1. The molecule has 8 heteroatoms. The van der Waals surface area contributed by atoms with Gasteiger partial charge in [0.25, 0.3) is 0 Å². The molecule has 1 heterocycles. The third-order valence-electron chi connectivity index (χ3n) is 3.77. The SMILES string of the molecule is CCNC(=NCc1nccn1C(F)F)NC(C)CCc1ccccc1.I. The molecule has 1 aromatic heterocycles. The fraction of sp³-hybridized carbons (Fsp3) is 0.444. The van der Waals surface area contributed by atoms with E-state index in [9.17, 15) is 8.78 Å². The highest BCUT2D eigenvalue weighted by Crippen LogP contribution is 2.12. The van der Waals surface area contributed by atoms with E-state index in [0.717, 1.165) is 17.4 Å². The first-order chi connectivity index (χ1) is 12.1. The van der Waals surface area contributed by atoms with Gasteiger partial charge in [-0.05, 0) is 32.3 Å². The predicted molar refractivity (Wildman–Crippen MR) is 111 cm³/mol. The summed E-state index contributed by atoms with van der Waals surface area (Å²) in [5, 5.41) is 6.45. The Morgan fingerprint density at radius 1 is 1.27 bits per heavy atom. The average molecular weight is 477 g/mol. The van der Waals surface area contributed by atoms with Crippen LogP contribution in [-0.2, 0) is 13.0 Å². The number of hydrogen-bond donors (Lipinski definition) is 2. The lowest BCUT2D eigenvalue weighted by Crippen LogP contribution is -2.42. The molecular weight excluding hydrogens is 451 g/mol. The molecule has 2 N–H and O–H groups in total. The van der Waals surface area contributed by atoms with Crippen LogP contribution < -0.4 is 10.6 Å². The van der Waals surface area contributed by atoms with E-state index < -0.39 is 6.55 Å². The Hall–Kier alpha value is -1.71. The number of hydrogen-bond acceptors (Lipinski definition) is 2. The zero-order valence-electron chi connectivity index (χ0n) is 15.0. The number of guanidine groups is 1. The van der Waals surface area contributed by atoms with Crippen LogP contribution in [-0.4, -0.2) is 28.1 Å². The lowest BCUT2D eigenvalue weighted by Gasteiger charge is -2.18. The zero-order valence-corrected chi connectivity index (χ0v) is 17.4. The van der Waals surface area contributed by atoms with Gasteiger partial charge in [0, 0.05) is 25.0 Å². The van der Waals surface area contributed by atoms with Crippen LogP contribution >= 0.6 is 24.0 Å². The highest BCUT2D eigenvalue weighted by molar-refractivity contribution is 14.0. The van der Waals surface area contributed by atoms with Gasteiger partial charge in [-0.3, -0.25) is 4.57 Å². The summed E-state index contributed by atoms with van der Waals surface area (Å²) in [4.78, 5) is 8.32. The average Bonchev–Trinajstić information content (AvgIpc) is 3.08. The van der Waals surface area contributed by atoms with E-state index in [4.69, 9.17) is 0 Å². The molecule has 0 aliphatic heterocycles. The molecule has 0 spiro atoms. The Morgan fingerprint density at radius 2 is 2.00 bits per heavy atom. The molecular formula is C18H26F2IN5. The number of rotatable bonds is 8. The van der Waals surface area contributed by atoms with Gasteiger partial charge in [0.15, 0.2) is 5.96 Å². The van der Waals surface area contributed by atoms with Gasteiger partial charge >= 0.3 is 6.55 Å². The summed E-state index contributed by atoms with van der Waals surface area (Å²) in [6.45, 7) is 2.23. The summed E-state index contributed by atoms with van der Waals surface area (Å²) in [5.41, 5.74) is 1.29. The summed E-state index contributed by atoms with van der Waals surface area (Å²) < 4.78 is 26.5. The quantitative estimate of drug-likeness (QED) is 0.344. The van der Waals surface area contributed by atoms with Crippen LogP contribution in [0.3, 0.4) is 0 Å². The van der Waals surface area contributed by atoms with Crippen LogP contribution in [0.15, 0.2) is 47.7 Å². The van der Waals surface area contributed by atoms with Crippen molar-refractivity contribution in [1.29, 1.82) is 0 Å². The second kappa shape index (κ2) is 11.8. The third kappa shape index (κ3) is 7.27. The van der Waals surface area contributed by atoms with E-state index in [-0.39, 0.29) is 42.4 Å². The zero-order chi connectivity index (χ0) is 18.1. The van der Waals surface area contributed by atoms with Crippen molar-refractivity contribution in [2.24, 2.45) is 4.99 Å². The van der Waals surface area contributed by atoms with Gasteiger partial charge in [-0.25, -0.2) is 9.98 Å². The lowest BCUT2D eigenvalue weighted by molar-refractivity contribution is 0.0671. The maximum Gasteiger partial charge on any atom is 0.319 e. The lowest BCUT2D eigenvalue weighted by atomic mass is 10.1. The first-order valence-electron chi connectivity index (χ1n) is 8.48. The summed E-state index contributed by atoms with van der Waals surface area (Å²) in [6, 6.07) is 10.5. The molecule has 0 aliphatic carbocycles. The Bertz CT molecular complexity index is 661. The van der Waals surface area contributed by atoms with Crippen LogP contribution in [0.25, 0.3) is 0 Å². The standard InChI is InChI=1S/C18H25F2N5.HI/c1-3-21-18(23-13-16-22-11-12-25(16)17(19)20)24-14(2)9-10-15-7-5-4-6-8-15;/h4-8,11-12,14,17H,3,9-10,13H2,1-2H3,(H2,21,23,24);1H. The van der Waals surface area contributed by atoms with Gasteiger partial charge in [-0.15, -0.1) is 24.0 Å². The Labute approximate surface area is 170 Å². The number of aliphatic imine (C=N–C) groups is 1. The summed E-state index contributed by atoms with van der Waals surface area (Å²) in [6.07, 6.45) is 4.53.